The van der Waals surface area contributed by atoms with Gasteiger partial charge in [0, 0.05) is 25.6 Å². The first kappa shape index (κ1) is 16.3. The minimum absolute atomic E-state index is 0.00492. The van der Waals surface area contributed by atoms with Crippen LogP contribution < -0.4 is 5.32 Å². The number of piperidine rings is 1. The minimum Gasteiger partial charge on any atom is -0.480 e. The number of carboxylic acids is 1. The lowest BCUT2D eigenvalue weighted by Crippen LogP contribution is -2.46. The number of hydrogen-bond acceptors (Lipinski definition) is 3. The van der Waals surface area contributed by atoms with Crippen molar-refractivity contribution in [2.75, 3.05) is 26.2 Å². The summed E-state index contributed by atoms with van der Waals surface area (Å²) < 4.78 is 0. The molecule has 1 atom stereocenters. The van der Waals surface area contributed by atoms with E-state index in [1.54, 1.807) is 0 Å². The fourth-order valence-corrected chi connectivity index (χ4v) is 3.58. The first-order valence-corrected chi connectivity index (χ1v) is 8.27. The molecule has 21 heavy (non-hydrogen) atoms. The van der Waals surface area contributed by atoms with Crippen LogP contribution >= 0.6 is 0 Å². The quantitative estimate of drug-likeness (QED) is 0.810. The Bertz CT molecular complexity index is 365. The van der Waals surface area contributed by atoms with Crippen molar-refractivity contribution in [3.63, 3.8) is 0 Å². The summed E-state index contributed by atoms with van der Waals surface area (Å²) in [4.78, 5) is 25.1. The van der Waals surface area contributed by atoms with E-state index in [-0.39, 0.29) is 12.5 Å². The molecule has 0 bridgehead atoms. The Hall–Kier alpha value is -1.10. The molecule has 1 saturated carbocycles. The zero-order valence-electron chi connectivity index (χ0n) is 13.0. The van der Waals surface area contributed by atoms with Crippen LogP contribution in [0.1, 0.15) is 45.4 Å². The maximum absolute atomic E-state index is 12.6. The average molecular weight is 296 g/mol. The van der Waals surface area contributed by atoms with E-state index >= 15 is 0 Å². The Kier molecular flexibility index (Phi) is 6.03. The highest BCUT2D eigenvalue weighted by molar-refractivity contribution is 5.79. The van der Waals surface area contributed by atoms with Gasteiger partial charge in [0.15, 0.2) is 0 Å². The second-order valence-electron chi connectivity index (χ2n) is 6.77. The number of carbonyl (C=O) groups excluding carboxylic acids is 1. The second kappa shape index (κ2) is 7.78. The Morgan fingerprint density at radius 2 is 1.90 bits per heavy atom. The lowest BCUT2D eigenvalue weighted by Gasteiger charge is -2.36. The third-order valence-corrected chi connectivity index (χ3v) is 4.90. The van der Waals surface area contributed by atoms with Gasteiger partial charge in [0.25, 0.3) is 0 Å². The van der Waals surface area contributed by atoms with Crippen LogP contribution in [0.4, 0.5) is 0 Å². The van der Waals surface area contributed by atoms with Crippen LogP contribution in [-0.2, 0) is 9.59 Å². The zero-order chi connectivity index (χ0) is 15.2. The number of aliphatic carboxylic acids is 1. The second-order valence-corrected chi connectivity index (χ2v) is 6.77. The summed E-state index contributed by atoms with van der Waals surface area (Å²) in [6.07, 6.45) is 6.55. The molecule has 2 aliphatic rings. The van der Waals surface area contributed by atoms with Crippen LogP contribution in [0.3, 0.4) is 0 Å². The highest BCUT2D eigenvalue weighted by atomic mass is 16.4. The number of nitrogens with zero attached hydrogens (tertiary/aromatic N) is 1. The first-order chi connectivity index (χ1) is 10.1. The topological polar surface area (TPSA) is 69.6 Å². The molecule has 1 amide bonds. The van der Waals surface area contributed by atoms with Crippen LogP contribution in [0, 0.1) is 17.8 Å². The van der Waals surface area contributed by atoms with Crippen molar-refractivity contribution in [3.05, 3.63) is 0 Å². The predicted molar refractivity (Wildman–Crippen MR) is 80.9 cm³/mol. The minimum atomic E-state index is -0.824. The molecule has 1 aliphatic carbocycles. The lowest BCUT2D eigenvalue weighted by molar-refractivity contribution is -0.139. The summed E-state index contributed by atoms with van der Waals surface area (Å²) in [5, 5.41) is 11.6. The van der Waals surface area contributed by atoms with Gasteiger partial charge >= 0.3 is 5.97 Å². The van der Waals surface area contributed by atoms with Crippen molar-refractivity contribution in [2.45, 2.75) is 45.4 Å². The zero-order valence-corrected chi connectivity index (χ0v) is 13.0. The van der Waals surface area contributed by atoms with E-state index in [2.05, 4.69) is 12.2 Å². The molecule has 0 spiro atoms. The highest BCUT2D eigenvalue weighted by Gasteiger charge is 2.30. The number of carboxylic acid groups (broad SMARTS) is 1. The maximum atomic E-state index is 12.6. The molecule has 2 rings (SSSR count). The van der Waals surface area contributed by atoms with Crippen LogP contribution in [0.5, 0.6) is 0 Å². The van der Waals surface area contributed by atoms with Gasteiger partial charge in [0.05, 0.1) is 6.54 Å². The van der Waals surface area contributed by atoms with E-state index in [4.69, 9.17) is 5.11 Å². The highest BCUT2D eigenvalue weighted by Crippen LogP contribution is 2.30. The number of amides is 1. The van der Waals surface area contributed by atoms with Gasteiger partial charge in [-0.3, -0.25) is 9.59 Å². The summed E-state index contributed by atoms with van der Waals surface area (Å²) in [6, 6.07) is 0. The monoisotopic (exact) mass is 296 g/mol. The molecule has 0 aromatic rings. The maximum Gasteiger partial charge on any atom is 0.317 e. The molecule has 1 saturated heterocycles. The Balaban J connectivity index is 1.77. The molecule has 5 nitrogen and oxygen atoms in total. The SMILES string of the molecule is CC1CCC(C(=O)N2CCCC(CNCC(=O)O)C2)CC1. The molecule has 1 unspecified atom stereocenters. The van der Waals surface area contributed by atoms with Crippen molar-refractivity contribution in [1.82, 2.24) is 10.2 Å². The number of nitrogens with one attached hydrogen (secondary N) is 1. The van der Waals surface area contributed by atoms with Crippen molar-refractivity contribution >= 4 is 11.9 Å². The van der Waals surface area contributed by atoms with Gasteiger partial charge in [-0.25, -0.2) is 0 Å². The normalized spacial score (nSPS) is 30.1. The van der Waals surface area contributed by atoms with E-state index in [9.17, 15) is 9.59 Å². The molecule has 5 heteroatoms. The summed E-state index contributed by atoms with van der Waals surface area (Å²) in [7, 11) is 0. The molecule has 0 aromatic carbocycles. The molecule has 1 heterocycles. The lowest BCUT2D eigenvalue weighted by atomic mass is 9.82. The summed E-state index contributed by atoms with van der Waals surface area (Å²) in [6.45, 7) is 4.63. The molecule has 2 N–H and O–H groups in total. The fourth-order valence-electron chi connectivity index (χ4n) is 3.58. The van der Waals surface area contributed by atoms with E-state index in [1.165, 1.54) is 12.8 Å². The Morgan fingerprint density at radius 1 is 1.19 bits per heavy atom. The van der Waals surface area contributed by atoms with Crippen LogP contribution in [0.15, 0.2) is 0 Å². The molecule has 0 radical (unpaired) electrons. The predicted octanol–water partition coefficient (Wildman–Crippen LogP) is 1.73. The third kappa shape index (κ3) is 4.99. The Morgan fingerprint density at radius 3 is 2.57 bits per heavy atom. The molecular formula is C16H28N2O3. The number of rotatable bonds is 5. The van der Waals surface area contributed by atoms with E-state index in [0.29, 0.717) is 18.4 Å². The standard InChI is InChI=1S/C16H28N2O3/c1-12-4-6-14(7-5-12)16(21)18-8-2-3-13(11-18)9-17-10-15(19)20/h12-14,17H,2-11H2,1H3,(H,19,20). The summed E-state index contributed by atoms with van der Waals surface area (Å²) in [5.74, 6) is 0.903. The number of carbonyl (C=O) groups is 2. The van der Waals surface area contributed by atoms with Gasteiger partial charge < -0.3 is 15.3 Å². The number of likely N-dealkylation sites (tertiary alicyclic amines) is 1. The average Bonchev–Trinajstić information content (AvgIpc) is 2.47. The molecule has 120 valence electrons. The smallest absolute Gasteiger partial charge is 0.317 e. The fraction of sp³-hybridized carbons (Fsp3) is 0.875. The Labute approximate surface area is 127 Å². The van der Waals surface area contributed by atoms with E-state index < -0.39 is 5.97 Å². The third-order valence-electron chi connectivity index (χ3n) is 4.90. The van der Waals surface area contributed by atoms with Crippen molar-refractivity contribution in [3.8, 4) is 0 Å². The molecular weight excluding hydrogens is 268 g/mol. The van der Waals surface area contributed by atoms with E-state index in [1.807, 2.05) is 4.90 Å². The van der Waals surface area contributed by atoms with Crippen LogP contribution in [-0.4, -0.2) is 48.1 Å². The van der Waals surface area contributed by atoms with Crippen molar-refractivity contribution in [2.24, 2.45) is 17.8 Å². The van der Waals surface area contributed by atoms with Gasteiger partial charge in [-0.15, -0.1) is 0 Å². The van der Waals surface area contributed by atoms with Crippen molar-refractivity contribution < 1.29 is 14.7 Å². The molecule has 1 aliphatic heterocycles. The van der Waals surface area contributed by atoms with Gasteiger partial charge in [-0.1, -0.05) is 6.92 Å². The van der Waals surface area contributed by atoms with Gasteiger partial charge in [-0.05, 0) is 50.4 Å². The summed E-state index contributed by atoms with van der Waals surface area (Å²) >= 11 is 0. The van der Waals surface area contributed by atoms with E-state index in [0.717, 1.165) is 44.7 Å². The molecule has 2 fully saturated rings. The largest absolute Gasteiger partial charge is 0.480 e. The van der Waals surface area contributed by atoms with Crippen LogP contribution in [0.25, 0.3) is 0 Å². The number of hydrogen-bond donors (Lipinski definition) is 2. The van der Waals surface area contributed by atoms with Crippen LogP contribution in [0.2, 0.25) is 0 Å². The van der Waals surface area contributed by atoms with Gasteiger partial charge in [0.1, 0.15) is 0 Å². The molecule has 0 aromatic heterocycles. The van der Waals surface area contributed by atoms with Gasteiger partial charge in [0.2, 0.25) is 5.91 Å². The first-order valence-electron chi connectivity index (χ1n) is 8.27. The van der Waals surface area contributed by atoms with Crippen molar-refractivity contribution in [1.29, 1.82) is 0 Å². The summed E-state index contributed by atoms with van der Waals surface area (Å²) in [5.41, 5.74) is 0. The van der Waals surface area contributed by atoms with Gasteiger partial charge in [-0.2, -0.15) is 0 Å².